The van der Waals surface area contributed by atoms with Gasteiger partial charge >= 0.3 is 5.97 Å². The van der Waals surface area contributed by atoms with Gasteiger partial charge in [0, 0.05) is 24.7 Å². The monoisotopic (exact) mass is 576 g/mol. The van der Waals surface area contributed by atoms with Gasteiger partial charge in [0.15, 0.2) is 17.9 Å². The molecule has 10 heteroatoms. The van der Waals surface area contributed by atoms with E-state index in [1.807, 2.05) is 66.7 Å². The predicted octanol–water partition coefficient (Wildman–Crippen LogP) is 4.99. The Morgan fingerprint density at radius 3 is 2.10 bits per heavy atom. The number of hydrogen-bond donors (Lipinski definition) is 0. The molecule has 1 saturated heterocycles. The molecule has 3 aromatic carbocycles. The van der Waals surface area contributed by atoms with Gasteiger partial charge in [0.25, 0.3) is 11.8 Å². The van der Waals surface area contributed by atoms with Crippen LogP contribution in [0.3, 0.4) is 0 Å². The minimum atomic E-state index is -0.890. The van der Waals surface area contributed by atoms with Crippen molar-refractivity contribution in [1.29, 1.82) is 0 Å². The Bertz CT molecular complexity index is 1350. The van der Waals surface area contributed by atoms with Crippen molar-refractivity contribution >= 4 is 41.3 Å². The molecular formula is C30H28N2O6S2. The molecule has 40 heavy (non-hydrogen) atoms. The van der Waals surface area contributed by atoms with Gasteiger partial charge in [-0.2, -0.15) is 5.06 Å². The van der Waals surface area contributed by atoms with Gasteiger partial charge in [0.2, 0.25) is 0 Å². The fourth-order valence-corrected chi connectivity index (χ4v) is 6.89. The summed E-state index contributed by atoms with van der Waals surface area (Å²) in [5.74, 6) is -0.260. The minimum Gasteiger partial charge on any atom is -0.448 e. The van der Waals surface area contributed by atoms with Gasteiger partial charge in [0.1, 0.15) is 11.1 Å². The van der Waals surface area contributed by atoms with Crippen LogP contribution >= 0.6 is 23.5 Å². The van der Waals surface area contributed by atoms with Crippen LogP contribution in [0.15, 0.2) is 102 Å². The lowest BCUT2D eigenvalue weighted by Gasteiger charge is -2.51. The van der Waals surface area contributed by atoms with Crippen LogP contribution in [0, 0.1) is 0 Å². The molecule has 0 radical (unpaired) electrons. The first-order chi connectivity index (χ1) is 19.5. The molecule has 0 unspecified atom stereocenters. The molecule has 1 fully saturated rings. The molecule has 0 aliphatic carbocycles. The summed E-state index contributed by atoms with van der Waals surface area (Å²) in [4.78, 5) is 48.1. The van der Waals surface area contributed by atoms with E-state index < -0.39 is 35.3 Å². The van der Waals surface area contributed by atoms with Gasteiger partial charge in [0.05, 0.1) is 5.94 Å². The molecule has 0 saturated carbocycles. The highest BCUT2D eigenvalue weighted by molar-refractivity contribution is 8.06. The van der Waals surface area contributed by atoms with Crippen molar-refractivity contribution in [2.45, 2.75) is 24.4 Å². The topological polar surface area (TPSA) is 85.4 Å². The van der Waals surface area contributed by atoms with Crippen LogP contribution < -0.4 is 4.84 Å². The number of amides is 2. The summed E-state index contributed by atoms with van der Waals surface area (Å²) in [6.45, 7) is 1.35. The standard InChI is InChI=1S/C30H28N2O6S2/c1-20(33)32(38-23-16-10-5-11-17-23)26-28(34)31-25(24(40-19-36-2)18-39-29(26)31)30(35)37-27(21-12-6-3-7-13-21)22-14-8-4-9-15-22/h3-17,26-27,29H,18-19H2,1-2H3/t26-,29-/m1/s1. The number of hydroxylamine groups is 2. The van der Waals surface area contributed by atoms with Crippen molar-refractivity contribution in [3.05, 3.63) is 113 Å². The van der Waals surface area contributed by atoms with Gasteiger partial charge in [-0.15, -0.1) is 11.8 Å². The summed E-state index contributed by atoms with van der Waals surface area (Å²) >= 11 is 2.80. The molecule has 2 aliphatic rings. The quantitative estimate of drug-likeness (QED) is 0.144. The fraction of sp³-hybridized carbons (Fsp3) is 0.233. The predicted molar refractivity (Wildman–Crippen MR) is 154 cm³/mol. The number of rotatable bonds is 10. The minimum absolute atomic E-state index is 0.173. The van der Waals surface area contributed by atoms with E-state index in [9.17, 15) is 14.4 Å². The number of fused-ring (bicyclic) bond motifs is 1. The highest BCUT2D eigenvalue weighted by Crippen LogP contribution is 2.46. The van der Waals surface area contributed by atoms with Gasteiger partial charge < -0.3 is 14.3 Å². The molecule has 0 spiro atoms. The molecule has 0 bridgehead atoms. The lowest BCUT2D eigenvalue weighted by atomic mass is 10.0. The van der Waals surface area contributed by atoms with Crippen molar-refractivity contribution < 1.29 is 28.7 Å². The number of carbonyl (C=O) groups is 3. The summed E-state index contributed by atoms with van der Waals surface area (Å²) in [5.41, 5.74) is 1.79. The Balaban J connectivity index is 1.45. The Kier molecular flexibility index (Phi) is 8.78. The lowest BCUT2D eigenvalue weighted by molar-refractivity contribution is -0.188. The number of esters is 1. The molecule has 0 aromatic heterocycles. The number of thioether (sulfide) groups is 2. The summed E-state index contributed by atoms with van der Waals surface area (Å²) in [5, 5.41) is 0.584. The van der Waals surface area contributed by atoms with E-state index in [0.717, 1.165) is 16.2 Å². The van der Waals surface area contributed by atoms with Crippen molar-refractivity contribution in [1.82, 2.24) is 9.96 Å². The second-order valence-corrected chi connectivity index (χ2v) is 11.2. The molecule has 2 amide bonds. The number of nitrogens with zero attached hydrogens (tertiary/aromatic N) is 2. The van der Waals surface area contributed by atoms with E-state index in [1.54, 1.807) is 31.4 Å². The first-order valence-electron chi connectivity index (χ1n) is 12.6. The Morgan fingerprint density at radius 2 is 1.55 bits per heavy atom. The van der Waals surface area contributed by atoms with Crippen molar-refractivity contribution in [3.8, 4) is 5.75 Å². The van der Waals surface area contributed by atoms with Crippen LogP contribution in [0.4, 0.5) is 0 Å². The third-order valence-corrected chi connectivity index (χ3v) is 8.88. The van der Waals surface area contributed by atoms with Crippen molar-refractivity contribution in [2.24, 2.45) is 0 Å². The van der Waals surface area contributed by atoms with E-state index in [0.29, 0.717) is 22.3 Å². The van der Waals surface area contributed by atoms with Crippen LogP contribution in [0.5, 0.6) is 5.75 Å². The molecule has 5 rings (SSSR count). The van der Waals surface area contributed by atoms with E-state index in [1.165, 1.54) is 35.3 Å². The number of hydrogen-bond acceptors (Lipinski definition) is 8. The molecular weight excluding hydrogens is 548 g/mol. The maximum atomic E-state index is 13.9. The Morgan fingerprint density at radius 1 is 0.975 bits per heavy atom. The number of methoxy groups -OCH3 is 1. The van der Waals surface area contributed by atoms with E-state index in [-0.39, 0.29) is 5.70 Å². The molecule has 8 nitrogen and oxygen atoms in total. The smallest absolute Gasteiger partial charge is 0.356 e. The number of benzene rings is 3. The van der Waals surface area contributed by atoms with Gasteiger partial charge in [-0.25, -0.2) is 4.79 Å². The number of para-hydroxylation sites is 1. The Labute approximate surface area is 241 Å². The lowest BCUT2D eigenvalue weighted by Crippen LogP contribution is -2.71. The Hall–Kier alpha value is -3.73. The largest absolute Gasteiger partial charge is 0.448 e. The van der Waals surface area contributed by atoms with Gasteiger partial charge in [-0.1, -0.05) is 90.6 Å². The fourth-order valence-electron chi connectivity index (χ4n) is 4.54. The summed E-state index contributed by atoms with van der Waals surface area (Å²) < 4.78 is 11.4. The number of β-lactam (4-membered cyclic amide) rings is 1. The zero-order valence-corrected chi connectivity index (χ0v) is 23.6. The van der Waals surface area contributed by atoms with Crippen molar-refractivity contribution in [2.75, 3.05) is 18.8 Å². The SMILES string of the molecule is COCSC1=C(C(=O)OC(c2ccccc2)c2ccccc2)N2C(=O)[C@@H](N(Oc3ccccc3)C(C)=O)[C@H]2SC1. The van der Waals surface area contributed by atoms with Crippen LogP contribution in [-0.4, -0.2) is 58.0 Å². The average Bonchev–Trinajstić information content (AvgIpc) is 2.99. The highest BCUT2D eigenvalue weighted by Gasteiger charge is 2.58. The average molecular weight is 577 g/mol. The molecule has 3 aromatic rings. The van der Waals surface area contributed by atoms with E-state index in [4.69, 9.17) is 14.3 Å². The second-order valence-electron chi connectivity index (χ2n) is 9.03. The molecule has 2 atom stereocenters. The van der Waals surface area contributed by atoms with E-state index in [2.05, 4.69) is 0 Å². The summed E-state index contributed by atoms with van der Waals surface area (Å²) in [7, 11) is 1.57. The molecule has 206 valence electrons. The highest BCUT2D eigenvalue weighted by atomic mass is 32.2. The maximum absolute atomic E-state index is 13.9. The van der Waals surface area contributed by atoms with Gasteiger partial charge in [-0.05, 0) is 23.3 Å². The zero-order chi connectivity index (χ0) is 28.1. The summed E-state index contributed by atoms with van der Waals surface area (Å²) in [6, 6.07) is 26.9. The first kappa shape index (κ1) is 27.8. The summed E-state index contributed by atoms with van der Waals surface area (Å²) in [6.07, 6.45) is -0.675. The van der Waals surface area contributed by atoms with E-state index >= 15 is 0 Å². The van der Waals surface area contributed by atoms with Crippen LogP contribution in [0.2, 0.25) is 0 Å². The number of carbonyl (C=O) groups excluding carboxylic acids is 3. The first-order valence-corrected chi connectivity index (χ1v) is 14.7. The second kappa shape index (κ2) is 12.6. The van der Waals surface area contributed by atoms with Crippen molar-refractivity contribution in [3.63, 3.8) is 0 Å². The van der Waals surface area contributed by atoms with Crippen LogP contribution in [-0.2, 0) is 23.9 Å². The normalized spacial score (nSPS) is 18.2. The zero-order valence-electron chi connectivity index (χ0n) is 22.0. The number of ether oxygens (including phenoxy) is 2. The molecule has 2 aliphatic heterocycles. The molecule has 0 N–H and O–H groups in total. The third-order valence-electron chi connectivity index (χ3n) is 6.39. The molecule has 2 heterocycles. The maximum Gasteiger partial charge on any atom is 0.356 e. The van der Waals surface area contributed by atoms with Crippen LogP contribution in [0.1, 0.15) is 24.2 Å². The van der Waals surface area contributed by atoms with Gasteiger partial charge in [-0.3, -0.25) is 14.5 Å². The van der Waals surface area contributed by atoms with Crippen LogP contribution in [0.25, 0.3) is 0 Å². The third kappa shape index (κ3) is 5.74.